The number of ether oxygens (including phenoxy) is 1. The van der Waals surface area contributed by atoms with Crippen LogP contribution in [0.3, 0.4) is 0 Å². The Kier molecular flexibility index (Phi) is 4.84. The fourth-order valence-electron chi connectivity index (χ4n) is 2.67. The van der Waals surface area contributed by atoms with Crippen molar-refractivity contribution in [3.63, 3.8) is 0 Å². The van der Waals surface area contributed by atoms with E-state index in [4.69, 9.17) is 16.2 Å². The average molecular weight is 277 g/mol. The van der Waals surface area contributed by atoms with E-state index < -0.39 is 5.91 Å². The van der Waals surface area contributed by atoms with E-state index in [-0.39, 0.29) is 6.10 Å². The highest BCUT2D eigenvalue weighted by Gasteiger charge is 2.24. The largest absolute Gasteiger partial charge is 0.397 e. The summed E-state index contributed by atoms with van der Waals surface area (Å²) in [6.45, 7) is 4.50. The number of hydrogen-bond donors (Lipinski definition) is 2. The van der Waals surface area contributed by atoms with Crippen LogP contribution < -0.4 is 16.4 Å². The van der Waals surface area contributed by atoms with Crippen LogP contribution in [0.25, 0.3) is 0 Å². The predicted octanol–water partition coefficient (Wildman–Crippen LogP) is 1.76. The van der Waals surface area contributed by atoms with E-state index >= 15 is 0 Å². The minimum atomic E-state index is -0.441. The first-order valence-corrected chi connectivity index (χ1v) is 7.18. The third-order valence-electron chi connectivity index (χ3n) is 3.58. The molecule has 0 aromatic heterocycles. The Morgan fingerprint density at radius 2 is 2.30 bits per heavy atom. The summed E-state index contributed by atoms with van der Waals surface area (Å²) in [6.07, 6.45) is 3.29. The minimum Gasteiger partial charge on any atom is -0.397 e. The Morgan fingerprint density at radius 3 is 3.00 bits per heavy atom. The summed E-state index contributed by atoms with van der Waals surface area (Å²) < 4.78 is 5.83. The molecule has 0 bridgehead atoms. The highest BCUT2D eigenvalue weighted by Crippen LogP contribution is 2.30. The molecule has 110 valence electrons. The van der Waals surface area contributed by atoms with Crippen LogP contribution in [0.15, 0.2) is 18.2 Å². The minimum absolute atomic E-state index is 0.198. The number of amides is 1. The number of primary amides is 1. The van der Waals surface area contributed by atoms with Crippen molar-refractivity contribution in [2.75, 3.05) is 30.3 Å². The second-order valence-electron chi connectivity index (χ2n) is 5.19. The van der Waals surface area contributed by atoms with Gasteiger partial charge in [-0.15, -0.1) is 0 Å². The lowest BCUT2D eigenvalue weighted by molar-refractivity contribution is 0.0440. The molecule has 5 heteroatoms. The maximum absolute atomic E-state index is 11.6. The van der Waals surface area contributed by atoms with Crippen LogP contribution in [0.5, 0.6) is 0 Å². The first kappa shape index (κ1) is 14.7. The van der Waals surface area contributed by atoms with Gasteiger partial charge in [-0.25, -0.2) is 0 Å². The van der Waals surface area contributed by atoms with Crippen molar-refractivity contribution in [3.8, 4) is 0 Å². The Morgan fingerprint density at radius 1 is 1.50 bits per heavy atom. The third-order valence-corrected chi connectivity index (χ3v) is 3.58. The first-order valence-electron chi connectivity index (χ1n) is 7.18. The van der Waals surface area contributed by atoms with E-state index in [1.807, 2.05) is 0 Å². The molecule has 1 unspecified atom stereocenters. The third kappa shape index (κ3) is 3.22. The lowest BCUT2D eigenvalue weighted by atomic mass is 10.0. The fourth-order valence-corrected chi connectivity index (χ4v) is 2.67. The van der Waals surface area contributed by atoms with Crippen molar-refractivity contribution in [2.24, 2.45) is 5.73 Å². The fraction of sp³-hybridized carbons (Fsp3) is 0.533. The number of carbonyl (C=O) groups is 1. The number of para-hydroxylation sites is 1. The number of piperidine rings is 1. The first-order chi connectivity index (χ1) is 9.63. The predicted molar refractivity (Wildman–Crippen MR) is 80.9 cm³/mol. The highest BCUT2D eigenvalue weighted by molar-refractivity contribution is 6.01. The SMILES string of the molecule is CCCOC1CCCN(c2c(N)cccc2C(N)=O)C1. The number of rotatable bonds is 5. The molecule has 1 heterocycles. The average Bonchev–Trinajstić information content (AvgIpc) is 2.45. The van der Waals surface area contributed by atoms with Crippen molar-refractivity contribution < 1.29 is 9.53 Å². The Labute approximate surface area is 119 Å². The topological polar surface area (TPSA) is 81.6 Å². The van der Waals surface area contributed by atoms with E-state index in [1.165, 1.54) is 0 Å². The summed E-state index contributed by atoms with van der Waals surface area (Å²) in [6, 6.07) is 5.29. The summed E-state index contributed by atoms with van der Waals surface area (Å²) in [4.78, 5) is 13.7. The molecule has 1 amide bonds. The van der Waals surface area contributed by atoms with Crippen LogP contribution in [0.1, 0.15) is 36.5 Å². The van der Waals surface area contributed by atoms with Gasteiger partial charge in [-0.1, -0.05) is 13.0 Å². The molecular formula is C15H23N3O2. The van der Waals surface area contributed by atoms with E-state index in [2.05, 4.69) is 11.8 Å². The van der Waals surface area contributed by atoms with Gasteiger partial charge in [0.25, 0.3) is 5.91 Å². The Balaban J connectivity index is 2.20. The van der Waals surface area contributed by atoms with Crippen molar-refractivity contribution in [1.82, 2.24) is 0 Å². The lowest BCUT2D eigenvalue weighted by Gasteiger charge is -2.35. The zero-order chi connectivity index (χ0) is 14.5. The summed E-state index contributed by atoms with van der Waals surface area (Å²) in [7, 11) is 0. The molecule has 0 aliphatic carbocycles. The molecule has 5 nitrogen and oxygen atoms in total. The van der Waals surface area contributed by atoms with Gasteiger partial charge in [0, 0.05) is 19.7 Å². The summed E-state index contributed by atoms with van der Waals surface area (Å²) in [5.74, 6) is -0.441. The molecule has 1 aromatic carbocycles. The van der Waals surface area contributed by atoms with Crippen molar-refractivity contribution in [3.05, 3.63) is 23.8 Å². The normalized spacial score (nSPS) is 19.1. The molecule has 1 fully saturated rings. The van der Waals surface area contributed by atoms with Crippen LogP contribution >= 0.6 is 0 Å². The zero-order valence-corrected chi connectivity index (χ0v) is 12.0. The van der Waals surface area contributed by atoms with Crippen LogP contribution in [0.4, 0.5) is 11.4 Å². The van der Waals surface area contributed by atoms with Gasteiger partial charge >= 0.3 is 0 Å². The van der Waals surface area contributed by atoms with E-state index in [9.17, 15) is 4.79 Å². The van der Waals surface area contributed by atoms with Gasteiger partial charge in [0.15, 0.2) is 0 Å². The van der Waals surface area contributed by atoms with E-state index in [0.29, 0.717) is 11.3 Å². The second-order valence-corrected chi connectivity index (χ2v) is 5.19. The molecule has 1 aliphatic heterocycles. The van der Waals surface area contributed by atoms with Crippen molar-refractivity contribution in [1.29, 1.82) is 0 Å². The molecule has 1 atom stereocenters. The maximum Gasteiger partial charge on any atom is 0.250 e. The van der Waals surface area contributed by atoms with Crippen LogP contribution in [0, 0.1) is 0 Å². The number of nitrogens with zero attached hydrogens (tertiary/aromatic N) is 1. The standard InChI is InChI=1S/C15H23N3O2/c1-2-9-20-11-5-4-8-18(10-11)14-12(15(17)19)6-3-7-13(14)16/h3,6-7,11H,2,4-5,8-10,16H2,1H3,(H2,17,19). The van der Waals surface area contributed by atoms with Crippen LogP contribution in [-0.2, 0) is 4.74 Å². The molecule has 1 saturated heterocycles. The molecule has 2 rings (SSSR count). The molecule has 0 spiro atoms. The molecule has 0 saturated carbocycles. The van der Waals surface area contributed by atoms with Crippen molar-refractivity contribution in [2.45, 2.75) is 32.3 Å². The monoisotopic (exact) mass is 277 g/mol. The molecule has 20 heavy (non-hydrogen) atoms. The lowest BCUT2D eigenvalue weighted by Crippen LogP contribution is -2.41. The summed E-state index contributed by atoms with van der Waals surface area (Å²) in [5.41, 5.74) is 13.3. The van der Waals surface area contributed by atoms with Gasteiger partial charge < -0.3 is 21.1 Å². The van der Waals surface area contributed by atoms with Crippen LogP contribution in [0.2, 0.25) is 0 Å². The second kappa shape index (κ2) is 6.61. The summed E-state index contributed by atoms with van der Waals surface area (Å²) in [5, 5.41) is 0. The molecule has 4 N–H and O–H groups in total. The van der Waals surface area contributed by atoms with E-state index in [0.717, 1.165) is 44.6 Å². The quantitative estimate of drug-likeness (QED) is 0.804. The Bertz CT molecular complexity index is 476. The van der Waals surface area contributed by atoms with Crippen molar-refractivity contribution >= 4 is 17.3 Å². The maximum atomic E-state index is 11.6. The molecule has 1 aliphatic rings. The van der Waals surface area contributed by atoms with Gasteiger partial charge in [0.1, 0.15) is 0 Å². The van der Waals surface area contributed by atoms with Gasteiger partial charge in [-0.05, 0) is 31.4 Å². The molecular weight excluding hydrogens is 254 g/mol. The molecule has 1 aromatic rings. The Hall–Kier alpha value is -1.75. The zero-order valence-electron chi connectivity index (χ0n) is 12.0. The number of benzene rings is 1. The van der Waals surface area contributed by atoms with Gasteiger partial charge in [-0.3, -0.25) is 4.79 Å². The number of nitrogen functional groups attached to an aromatic ring is 1. The van der Waals surface area contributed by atoms with Gasteiger partial charge in [-0.2, -0.15) is 0 Å². The highest BCUT2D eigenvalue weighted by atomic mass is 16.5. The smallest absolute Gasteiger partial charge is 0.250 e. The number of nitrogens with two attached hydrogens (primary N) is 2. The number of carbonyl (C=O) groups excluding carboxylic acids is 1. The van der Waals surface area contributed by atoms with Crippen LogP contribution in [-0.4, -0.2) is 31.7 Å². The van der Waals surface area contributed by atoms with Gasteiger partial charge in [0.05, 0.1) is 23.0 Å². The van der Waals surface area contributed by atoms with Gasteiger partial charge in [0.2, 0.25) is 0 Å². The number of hydrogen-bond acceptors (Lipinski definition) is 4. The number of anilines is 2. The molecule has 0 radical (unpaired) electrons. The van der Waals surface area contributed by atoms with E-state index in [1.54, 1.807) is 18.2 Å². The summed E-state index contributed by atoms with van der Waals surface area (Å²) >= 11 is 0.